The van der Waals surface area contributed by atoms with Crippen LogP contribution < -0.4 is 15.2 Å². The molecule has 0 radical (unpaired) electrons. The third-order valence-electron chi connectivity index (χ3n) is 3.01. The van der Waals surface area contributed by atoms with Gasteiger partial charge in [0.15, 0.2) is 6.61 Å². The Morgan fingerprint density at radius 2 is 2.08 bits per heavy atom. The van der Waals surface area contributed by atoms with Crippen LogP contribution in [0.1, 0.15) is 26.2 Å². The summed E-state index contributed by atoms with van der Waals surface area (Å²) >= 11 is 5.81. The van der Waals surface area contributed by atoms with Gasteiger partial charge in [0.25, 0.3) is 5.91 Å². The second-order valence-electron chi connectivity index (χ2n) is 5.00. The Hall–Kier alpha value is -1.84. The molecule has 1 amide bonds. The molecule has 0 bridgehead atoms. The monoisotopic (exact) mass is 378 g/mol. The molecule has 134 valence electrons. The number of nitrogens with two attached hydrogens (primary N) is 1. The summed E-state index contributed by atoms with van der Waals surface area (Å²) < 4.78 is 32.2. The number of hydrogen-bond donors (Lipinski definition) is 3. The molecule has 4 N–H and O–H groups in total. The Balaban J connectivity index is 3.13. The molecule has 10 heteroatoms. The Morgan fingerprint density at radius 3 is 2.62 bits per heavy atom. The van der Waals surface area contributed by atoms with Crippen molar-refractivity contribution in [2.24, 2.45) is 5.73 Å². The predicted octanol–water partition coefficient (Wildman–Crippen LogP) is 1.13. The van der Waals surface area contributed by atoms with Gasteiger partial charge in [-0.05, 0) is 24.6 Å². The molecule has 0 saturated carbocycles. The molecule has 0 aliphatic carbocycles. The van der Waals surface area contributed by atoms with Crippen LogP contribution in [0.3, 0.4) is 0 Å². The minimum atomic E-state index is -4.23. The first-order valence-corrected chi connectivity index (χ1v) is 8.99. The number of carbonyl (C=O) groups excluding carboxylic acids is 1. The molecule has 0 aliphatic rings. The van der Waals surface area contributed by atoms with E-state index in [1.807, 2.05) is 6.92 Å². The normalized spacial score (nSPS) is 12.6. The van der Waals surface area contributed by atoms with Crippen LogP contribution >= 0.6 is 11.6 Å². The summed E-state index contributed by atoms with van der Waals surface area (Å²) in [5.74, 6) is -2.22. The van der Waals surface area contributed by atoms with Crippen molar-refractivity contribution >= 4 is 33.5 Å². The van der Waals surface area contributed by atoms with E-state index in [-0.39, 0.29) is 22.1 Å². The first-order chi connectivity index (χ1) is 11.2. The van der Waals surface area contributed by atoms with Crippen LogP contribution in [0, 0.1) is 0 Å². The van der Waals surface area contributed by atoms with Crippen molar-refractivity contribution in [1.82, 2.24) is 4.72 Å². The maximum absolute atomic E-state index is 12.5. The maximum atomic E-state index is 12.5. The van der Waals surface area contributed by atoms with E-state index in [9.17, 15) is 18.0 Å². The fourth-order valence-electron chi connectivity index (χ4n) is 1.85. The molecule has 0 fully saturated rings. The zero-order valence-corrected chi connectivity index (χ0v) is 14.6. The number of benzene rings is 1. The zero-order valence-electron chi connectivity index (χ0n) is 13.0. The number of sulfonamides is 1. The van der Waals surface area contributed by atoms with Gasteiger partial charge in [-0.1, -0.05) is 31.4 Å². The lowest BCUT2D eigenvalue weighted by atomic mass is 10.1. The zero-order chi connectivity index (χ0) is 18.3. The highest BCUT2D eigenvalue weighted by Crippen LogP contribution is 2.27. The summed E-state index contributed by atoms with van der Waals surface area (Å²) in [7, 11) is -4.23. The van der Waals surface area contributed by atoms with Crippen molar-refractivity contribution in [3.63, 3.8) is 0 Å². The van der Waals surface area contributed by atoms with E-state index in [1.165, 1.54) is 12.1 Å². The third-order valence-corrected chi connectivity index (χ3v) is 4.74. The van der Waals surface area contributed by atoms with E-state index >= 15 is 0 Å². The molecule has 1 aromatic carbocycles. The van der Waals surface area contributed by atoms with E-state index < -0.39 is 34.5 Å². The molecule has 1 rings (SSSR count). The molecule has 0 heterocycles. The van der Waals surface area contributed by atoms with Gasteiger partial charge in [0, 0.05) is 5.02 Å². The van der Waals surface area contributed by atoms with Crippen LogP contribution in [0.15, 0.2) is 23.1 Å². The smallest absolute Gasteiger partial charge is 0.321 e. The second-order valence-corrected chi connectivity index (χ2v) is 7.12. The molecule has 0 aliphatic heterocycles. The highest BCUT2D eigenvalue weighted by molar-refractivity contribution is 7.89. The highest BCUT2D eigenvalue weighted by Gasteiger charge is 2.27. The summed E-state index contributed by atoms with van der Waals surface area (Å²) in [6.07, 6.45) is 1.40. The number of hydrogen-bond acceptors (Lipinski definition) is 5. The van der Waals surface area contributed by atoms with E-state index in [2.05, 4.69) is 4.72 Å². The third kappa shape index (κ3) is 5.99. The number of nitrogens with one attached hydrogen (secondary N) is 1. The van der Waals surface area contributed by atoms with Crippen molar-refractivity contribution in [3.05, 3.63) is 23.2 Å². The summed E-state index contributed by atoms with van der Waals surface area (Å²) in [5.41, 5.74) is 4.97. The van der Waals surface area contributed by atoms with E-state index in [0.29, 0.717) is 6.42 Å². The first kappa shape index (κ1) is 20.2. The number of ether oxygens (including phenoxy) is 1. The summed E-state index contributed by atoms with van der Waals surface area (Å²) in [6, 6.07) is 2.47. The van der Waals surface area contributed by atoms with Crippen molar-refractivity contribution in [3.8, 4) is 5.75 Å². The number of aliphatic carboxylic acids is 1. The molecule has 1 aromatic rings. The Labute approximate surface area is 145 Å². The van der Waals surface area contributed by atoms with Gasteiger partial charge >= 0.3 is 5.97 Å². The molecular weight excluding hydrogens is 360 g/mol. The molecule has 1 unspecified atom stereocenters. The largest absolute Gasteiger partial charge is 0.482 e. The van der Waals surface area contributed by atoms with E-state index in [4.69, 9.17) is 27.2 Å². The summed E-state index contributed by atoms with van der Waals surface area (Å²) in [5, 5.41) is 9.28. The van der Waals surface area contributed by atoms with Crippen molar-refractivity contribution in [2.75, 3.05) is 6.61 Å². The standard InChI is InChI=1S/C14H19ClN2O6S/c1-2-3-4-10(14(19)20)17-24(21,22)12-7-9(15)5-6-11(12)23-8-13(16)18/h5-7,10,17H,2-4,8H2,1H3,(H2,16,18)(H,19,20). The Morgan fingerprint density at radius 1 is 1.42 bits per heavy atom. The van der Waals surface area contributed by atoms with Gasteiger partial charge in [-0.3, -0.25) is 9.59 Å². The van der Waals surface area contributed by atoms with Crippen LogP contribution in [-0.4, -0.2) is 38.0 Å². The Kier molecular flexibility index (Phi) is 7.46. The number of halogens is 1. The predicted molar refractivity (Wildman–Crippen MR) is 87.4 cm³/mol. The SMILES string of the molecule is CCCCC(NS(=O)(=O)c1cc(Cl)ccc1OCC(N)=O)C(=O)O. The van der Waals surface area contributed by atoms with Gasteiger partial charge in [-0.15, -0.1) is 0 Å². The molecule has 0 saturated heterocycles. The lowest BCUT2D eigenvalue weighted by Gasteiger charge is -2.16. The van der Waals surface area contributed by atoms with Crippen molar-refractivity contribution in [2.45, 2.75) is 37.1 Å². The van der Waals surface area contributed by atoms with Crippen LogP contribution in [-0.2, 0) is 19.6 Å². The average molecular weight is 379 g/mol. The quantitative estimate of drug-likeness (QED) is 0.558. The number of carboxylic acids is 1. The van der Waals surface area contributed by atoms with Crippen molar-refractivity contribution < 1.29 is 27.9 Å². The number of carboxylic acid groups (broad SMARTS) is 1. The van der Waals surface area contributed by atoms with E-state index in [1.54, 1.807) is 0 Å². The van der Waals surface area contributed by atoms with Crippen LogP contribution in [0.5, 0.6) is 5.75 Å². The first-order valence-electron chi connectivity index (χ1n) is 7.13. The molecule has 0 spiro atoms. The minimum absolute atomic E-state index is 0.113. The molecular formula is C14H19ClN2O6S. The lowest BCUT2D eigenvalue weighted by molar-refractivity contribution is -0.139. The number of carbonyl (C=O) groups is 2. The minimum Gasteiger partial charge on any atom is -0.482 e. The van der Waals surface area contributed by atoms with Crippen molar-refractivity contribution in [1.29, 1.82) is 0 Å². The van der Waals surface area contributed by atoms with Gasteiger partial charge < -0.3 is 15.6 Å². The van der Waals surface area contributed by atoms with Gasteiger partial charge in [-0.25, -0.2) is 8.42 Å². The maximum Gasteiger partial charge on any atom is 0.321 e. The number of primary amides is 1. The number of unbranched alkanes of at least 4 members (excludes halogenated alkanes) is 1. The highest BCUT2D eigenvalue weighted by atomic mass is 35.5. The van der Waals surface area contributed by atoms with Gasteiger partial charge in [0.05, 0.1) is 0 Å². The van der Waals surface area contributed by atoms with Gasteiger partial charge in [-0.2, -0.15) is 4.72 Å². The van der Waals surface area contributed by atoms with Gasteiger partial charge in [0.2, 0.25) is 10.0 Å². The lowest BCUT2D eigenvalue weighted by Crippen LogP contribution is -2.40. The molecule has 24 heavy (non-hydrogen) atoms. The molecule has 0 aromatic heterocycles. The summed E-state index contributed by atoms with van der Waals surface area (Å²) in [6.45, 7) is 1.34. The second kappa shape index (κ2) is 8.86. The Bertz CT molecular complexity index is 707. The van der Waals surface area contributed by atoms with Crippen LogP contribution in [0.4, 0.5) is 0 Å². The van der Waals surface area contributed by atoms with Crippen LogP contribution in [0.25, 0.3) is 0 Å². The molecule has 1 atom stereocenters. The van der Waals surface area contributed by atoms with E-state index in [0.717, 1.165) is 12.5 Å². The fraction of sp³-hybridized carbons (Fsp3) is 0.429. The number of rotatable bonds is 10. The van der Waals surface area contributed by atoms with Gasteiger partial charge in [0.1, 0.15) is 16.7 Å². The molecule has 8 nitrogen and oxygen atoms in total. The number of amides is 1. The average Bonchev–Trinajstić information content (AvgIpc) is 2.49. The fourth-order valence-corrected chi connectivity index (χ4v) is 3.48. The van der Waals surface area contributed by atoms with Crippen LogP contribution in [0.2, 0.25) is 5.02 Å². The summed E-state index contributed by atoms with van der Waals surface area (Å²) in [4.78, 5) is 21.7. The topological polar surface area (TPSA) is 136 Å².